The lowest BCUT2D eigenvalue weighted by Gasteiger charge is -2.35. The molecule has 1 amide bonds. The van der Waals surface area contributed by atoms with Crippen LogP contribution in [0.2, 0.25) is 5.02 Å². The van der Waals surface area contributed by atoms with Crippen LogP contribution in [0.5, 0.6) is 0 Å². The molecule has 0 radical (unpaired) electrons. The van der Waals surface area contributed by atoms with Crippen LogP contribution in [0.4, 0.5) is 0 Å². The van der Waals surface area contributed by atoms with Crippen LogP contribution in [0, 0.1) is 12.8 Å². The predicted octanol–water partition coefficient (Wildman–Crippen LogP) is 5.59. The molecule has 3 aromatic carbocycles. The van der Waals surface area contributed by atoms with Gasteiger partial charge in [0.25, 0.3) is 11.5 Å². The minimum absolute atomic E-state index is 0.0299. The van der Waals surface area contributed by atoms with E-state index >= 15 is 0 Å². The van der Waals surface area contributed by atoms with E-state index < -0.39 is 6.04 Å². The maximum Gasteiger partial charge on any atom is 0.261 e. The minimum Gasteiger partial charge on any atom is -0.330 e. The van der Waals surface area contributed by atoms with Crippen LogP contribution < -0.4 is 11.3 Å². The highest BCUT2D eigenvalue weighted by molar-refractivity contribution is 6.31. The Bertz CT molecular complexity index is 1430. The number of rotatable bonds is 9. The van der Waals surface area contributed by atoms with E-state index in [2.05, 4.69) is 0 Å². The van der Waals surface area contributed by atoms with Crippen molar-refractivity contribution in [2.45, 2.75) is 39.8 Å². The number of halogens is 1. The molecule has 0 saturated heterocycles. The lowest BCUT2D eigenvalue weighted by atomic mass is 9.98. The van der Waals surface area contributed by atoms with Gasteiger partial charge in [0.2, 0.25) is 0 Å². The third-order valence-electron chi connectivity index (χ3n) is 6.52. The van der Waals surface area contributed by atoms with Gasteiger partial charge in [-0.1, -0.05) is 73.5 Å². The molecule has 1 heterocycles. The lowest BCUT2D eigenvalue weighted by molar-refractivity contribution is 0.0602. The Morgan fingerprint density at radius 3 is 2.41 bits per heavy atom. The van der Waals surface area contributed by atoms with E-state index in [0.29, 0.717) is 53.4 Å². The Morgan fingerprint density at radius 1 is 1.05 bits per heavy atom. The minimum atomic E-state index is -0.458. The second kappa shape index (κ2) is 11.7. The largest absolute Gasteiger partial charge is 0.330 e. The summed E-state index contributed by atoms with van der Waals surface area (Å²) in [5.41, 5.74) is 8.88. The number of aryl methyl sites for hydroxylation is 1. The maximum absolute atomic E-state index is 13.9. The molecule has 6 nitrogen and oxygen atoms in total. The van der Waals surface area contributed by atoms with Gasteiger partial charge in [-0.25, -0.2) is 4.98 Å². The molecular formula is C30H33ClN4O2. The first-order chi connectivity index (χ1) is 17.8. The molecule has 0 fully saturated rings. The summed E-state index contributed by atoms with van der Waals surface area (Å²) >= 11 is 6.28. The number of fused-ring (bicyclic) bond motifs is 1. The van der Waals surface area contributed by atoms with E-state index in [1.165, 1.54) is 0 Å². The average molecular weight is 517 g/mol. The number of amides is 1. The van der Waals surface area contributed by atoms with Crippen molar-refractivity contribution in [3.05, 3.63) is 111 Å². The van der Waals surface area contributed by atoms with Crippen molar-refractivity contribution in [2.24, 2.45) is 11.7 Å². The lowest BCUT2D eigenvalue weighted by Crippen LogP contribution is -2.42. The van der Waals surface area contributed by atoms with E-state index in [9.17, 15) is 9.59 Å². The fourth-order valence-corrected chi connectivity index (χ4v) is 4.81. The first kappa shape index (κ1) is 26.6. The van der Waals surface area contributed by atoms with Crippen LogP contribution in [-0.2, 0) is 6.54 Å². The number of nitrogens with zero attached hydrogens (tertiary/aromatic N) is 3. The molecule has 192 valence electrons. The van der Waals surface area contributed by atoms with Gasteiger partial charge in [0.05, 0.1) is 23.5 Å². The van der Waals surface area contributed by atoms with Crippen LogP contribution in [-0.4, -0.2) is 33.4 Å². The number of nitrogens with two attached hydrogens (primary N) is 1. The second-order valence-corrected chi connectivity index (χ2v) is 10.1. The van der Waals surface area contributed by atoms with Crippen molar-refractivity contribution in [3.8, 4) is 0 Å². The zero-order chi connectivity index (χ0) is 26.5. The summed E-state index contributed by atoms with van der Waals surface area (Å²) < 4.78 is 1.70. The van der Waals surface area contributed by atoms with Crippen molar-refractivity contribution in [2.75, 3.05) is 13.1 Å². The van der Waals surface area contributed by atoms with Gasteiger partial charge in [-0.3, -0.25) is 14.2 Å². The second-order valence-electron chi connectivity index (χ2n) is 9.70. The molecule has 0 aliphatic rings. The number of aromatic nitrogens is 2. The summed E-state index contributed by atoms with van der Waals surface area (Å²) in [5, 5.41) is 0.993. The van der Waals surface area contributed by atoms with E-state index in [0.717, 1.165) is 11.1 Å². The average Bonchev–Trinajstić information content (AvgIpc) is 2.88. The van der Waals surface area contributed by atoms with Gasteiger partial charge in [-0.15, -0.1) is 0 Å². The van der Waals surface area contributed by atoms with Crippen LogP contribution in [0.1, 0.15) is 53.6 Å². The van der Waals surface area contributed by atoms with Crippen LogP contribution >= 0.6 is 11.6 Å². The van der Waals surface area contributed by atoms with Gasteiger partial charge in [-0.05, 0) is 61.7 Å². The van der Waals surface area contributed by atoms with Gasteiger partial charge in [0.1, 0.15) is 5.82 Å². The number of carbonyl (C=O) groups is 1. The molecule has 4 rings (SSSR count). The summed E-state index contributed by atoms with van der Waals surface area (Å²) in [6, 6.07) is 22.0. The molecular weight excluding hydrogens is 484 g/mol. The molecule has 0 aliphatic heterocycles. The van der Waals surface area contributed by atoms with Crippen LogP contribution in [0.25, 0.3) is 10.9 Å². The predicted molar refractivity (Wildman–Crippen MR) is 150 cm³/mol. The molecule has 0 unspecified atom stereocenters. The van der Waals surface area contributed by atoms with Crippen molar-refractivity contribution >= 4 is 28.4 Å². The number of carbonyl (C=O) groups excluding carboxylic acids is 1. The Hall–Kier alpha value is -3.48. The van der Waals surface area contributed by atoms with Gasteiger partial charge < -0.3 is 10.6 Å². The zero-order valence-corrected chi connectivity index (χ0v) is 22.3. The fraction of sp³-hybridized carbons (Fsp3) is 0.300. The summed E-state index contributed by atoms with van der Waals surface area (Å²) in [5.74, 6) is 0.396. The number of hydrogen-bond donors (Lipinski definition) is 1. The molecule has 1 atom stereocenters. The van der Waals surface area contributed by atoms with Crippen molar-refractivity contribution in [1.82, 2.24) is 14.5 Å². The SMILES string of the molecule is Cc1ccc(C(=O)N(CCCN)[C@H](c2nc3cc(Cl)ccc3c(=O)n2Cc2ccccc2)C(C)C)cc1. The topological polar surface area (TPSA) is 81.2 Å². The Labute approximate surface area is 222 Å². The maximum atomic E-state index is 13.9. The third-order valence-corrected chi connectivity index (χ3v) is 6.76. The smallest absolute Gasteiger partial charge is 0.261 e. The number of benzene rings is 3. The normalized spacial score (nSPS) is 12.2. The Morgan fingerprint density at radius 2 is 1.76 bits per heavy atom. The van der Waals surface area contributed by atoms with Crippen molar-refractivity contribution < 1.29 is 4.79 Å². The van der Waals surface area contributed by atoms with Crippen molar-refractivity contribution in [3.63, 3.8) is 0 Å². The zero-order valence-electron chi connectivity index (χ0n) is 21.5. The van der Waals surface area contributed by atoms with Gasteiger partial charge in [-0.2, -0.15) is 0 Å². The Balaban J connectivity index is 1.93. The fourth-order valence-electron chi connectivity index (χ4n) is 4.64. The standard InChI is InChI=1S/C30H33ClN4O2/c1-20(2)27(34(17-7-16-32)29(36)23-12-10-21(3)11-13-23)28-33-26-18-24(31)14-15-25(26)30(37)35(28)19-22-8-5-4-6-9-22/h4-6,8-15,18,20,27H,7,16-17,19,32H2,1-3H3/t27-/m0/s1. The quantitative estimate of drug-likeness (QED) is 0.314. The van der Waals surface area contributed by atoms with E-state index in [1.807, 2.05) is 80.3 Å². The molecule has 37 heavy (non-hydrogen) atoms. The molecule has 0 spiro atoms. The molecule has 7 heteroatoms. The first-order valence-corrected chi connectivity index (χ1v) is 13.0. The molecule has 1 aromatic heterocycles. The van der Waals surface area contributed by atoms with E-state index in [4.69, 9.17) is 22.3 Å². The van der Waals surface area contributed by atoms with Gasteiger partial charge in [0.15, 0.2) is 0 Å². The first-order valence-electron chi connectivity index (χ1n) is 12.6. The van der Waals surface area contributed by atoms with Gasteiger partial charge >= 0.3 is 0 Å². The highest BCUT2D eigenvalue weighted by atomic mass is 35.5. The van der Waals surface area contributed by atoms with Crippen molar-refractivity contribution in [1.29, 1.82) is 0 Å². The highest BCUT2D eigenvalue weighted by Crippen LogP contribution is 2.30. The molecule has 0 bridgehead atoms. The monoisotopic (exact) mass is 516 g/mol. The summed E-state index contributed by atoms with van der Waals surface area (Å²) in [6.45, 7) is 7.31. The summed E-state index contributed by atoms with van der Waals surface area (Å²) in [6.07, 6.45) is 0.628. The molecule has 0 saturated carbocycles. The Kier molecular flexibility index (Phi) is 8.41. The number of hydrogen-bond acceptors (Lipinski definition) is 4. The summed E-state index contributed by atoms with van der Waals surface area (Å²) in [7, 11) is 0. The van der Waals surface area contributed by atoms with E-state index in [-0.39, 0.29) is 17.4 Å². The van der Waals surface area contributed by atoms with Crippen LogP contribution in [0.3, 0.4) is 0 Å². The molecule has 4 aromatic rings. The highest BCUT2D eigenvalue weighted by Gasteiger charge is 2.32. The van der Waals surface area contributed by atoms with Crippen LogP contribution in [0.15, 0.2) is 77.6 Å². The summed E-state index contributed by atoms with van der Waals surface area (Å²) in [4.78, 5) is 34.6. The third kappa shape index (κ3) is 5.92. The molecule has 0 aliphatic carbocycles. The molecule has 2 N–H and O–H groups in total. The van der Waals surface area contributed by atoms with E-state index in [1.54, 1.807) is 22.8 Å². The van der Waals surface area contributed by atoms with Gasteiger partial charge in [0, 0.05) is 17.1 Å².